The van der Waals surface area contributed by atoms with E-state index in [1.54, 1.807) is 0 Å². The molecule has 82 valence electrons. The number of hydrogen-bond donors (Lipinski definition) is 0. The molecule has 1 aliphatic heterocycles. The fraction of sp³-hybridized carbons (Fsp3) is 0.615. The van der Waals surface area contributed by atoms with E-state index < -0.39 is 0 Å². The van der Waals surface area contributed by atoms with E-state index in [4.69, 9.17) is 0 Å². The van der Waals surface area contributed by atoms with E-state index in [-0.39, 0.29) is 5.92 Å². The highest BCUT2D eigenvalue weighted by Crippen LogP contribution is 2.23. The number of hydrogen-bond acceptors (Lipinski definition) is 1. The molecule has 2 nitrogen and oxygen atoms in total. The number of piperidine rings is 1. The Morgan fingerprint density at radius 3 is 3.00 bits per heavy atom. The molecule has 1 unspecified atom stereocenters. The van der Waals surface area contributed by atoms with Crippen LogP contribution in [-0.2, 0) is 4.79 Å². The molecule has 2 rings (SSSR count). The second-order valence-electron chi connectivity index (χ2n) is 4.59. The first-order chi connectivity index (χ1) is 7.27. The zero-order chi connectivity index (χ0) is 10.7. The smallest absolute Gasteiger partial charge is 0.226 e. The summed E-state index contributed by atoms with van der Waals surface area (Å²) in [4.78, 5) is 14.1. The van der Waals surface area contributed by atoms with Crippen molar-refractivity contribution in [2.24, 2.45) is 5.92 Å². The molecule has 1 heterocycles. The van der Waals surface area contributed by atoms with Crippen molar-refractivity contribution in [3.63, 3.8) is 0 Å². The lowest BCUT2D eigenvalue weighted by molar-refractivity contribution is -0.135. The summed E-state index contributed by atoms with van der Waals surface area (Å²) in [7, 11) is 0. The molecule has 0 aromatic rings. The lowest BCUT2D eigenvalue weighted by Gasteiger charge is -2.32. The molecule has 0 N–H and O–H groups in total. The van der Waals surface area contributed by atoms with Gasteiger partial charge in [0.15, 0.2) is 0 Å². The molecule has 0 aromatic heterocycles. The van der Waals surface area contributed by atoms with E-state index in [9.17, 15) is 4.79 Å². The molecule has 1 aliphatic carbocycles. The van der Waals surface area contributed by atoms with Crippen molar-refractivity contribution in [3.8, 4) is 0 Å². The third kappa shape index (κ3) is 2.49. The average molecular weight is 205 g/mol. The number of allylic oxidation sites excluding steroid dienone is 2. The van der Waals surface area contributed by atoms with Crippen molar-refractivity contribution in [2.75, 3.05) is 13.1 Å². The highest BCUT2D eigenvalue weighted by Gasteiger charge is 2.25. The van der Waals surface area contributed by atoms with Gasteiger partial charge >= 0.3 is 0 Å². The maximum Gasteiger partial charge on any atom is 0.226 e. The SMILES string of the molecule is C=C1CCCN(C(=O)C2CC=CCC2)C1. The van der Waals surface area contributed by atoms with Crippen molar-refractivity contribution in [1.29, 1.82) is 0 Å². The molecule has 0 spiro atoms. The van der Waals surface area contributed by atoms with Crippen LogP contribution in [-0.4, -0.2) is 23.9 Å². The van der Waals surface area contributed by atoms with Crippen LogP contribution in [0.25, 0.3) is 0 Å². The molecule has 0 saturated carbocycles. The number of carbonyl (C=O) groups excluding carboxylic acids is 1. The molecular weight excluding hydrogens is 186 g/mol. The van der Waals surface area contributed by atoms with E-state index in [1.165, 1.54) is 5.57 Å². The van der Waals surface area contributed by atoms with Gasteiger partial charge in [-0.1, -0.05) is 24.3 Å². The van der Waals surface area contributed by atoms with E-state index in [2.05, 4.69) is 18.7 Å². The Morgan fingerprint density at radius 1 is 1.47 bits per heavy atom. The van der Waals surface area contributed by atoms with Gasteiger partial charge in [0.2, 0.25) is 5.91 Å². The lowest BCUT2D eigenvalue weighted by Crippen LogP contribution is -2.40. The van der Waals surface area contributed by atoms with Crippen molar-refractivity contribution in [3.05, 3.63) is 24.3 Å². The van der Waals surface area contributed by atoms with Gasteiger partial charge in [-0.2, -0.15) is 0 Å². The predicted molar refractivity (Wildman–Crippen MR) is 61.4 cm³/mol. The van der Waals surface area contributed by atoms with Crippen LogP contribution in [0.5, 0.6) is 0 Å². The first-order valence-corrected chi connectivity index (χ1v) is 5.88. The molecule has 15 heavy (non-hydrogen) atoms. The summed E-state index contributed by atoms with van der Waals surface area (Å²) in [5, 5.41) is 0. The van der Waals surface area contributed by atoms with Crippen LogP contribution in [0.3, 0.4) is 0 Å². The summed E-state index contributed by atoms with van der Waals surface area (Å²) < 4.78 is 0. The minimum Gasteiger partial charge on any atom is -0.338 e. The van der Waals surface area contributed by atoms with E-state index in [1.807, 2.05) is 4.90 Å². The summed E-state index contributed by atoms with van der Waals surface area (Å²) in [5.74, 6) is 0.584. The second kappa shape index (κ2) is 4.65. The first kappa shape index (κ1) is 10.5. The predicted octanol–water partition coefficient (Wildman–Crippen LogP) is 2.52. The quantitative estimate of drug-likeness (QED) is 0.602. The van der Waals surface area contributed by atoms with E-state index in [0.29, 0.717) is 5.91 Å². The van der Waals surface area contributed by atoms with Gasteiger partial charge in [-0.15, -0.1) is 0 Å². The molecule has 0 aromatic carbocycles. The highest BCUT2D eigenvalue weighted by atomic mass is 16.2. The minimum absolute atomic E-state index is 0.237. The Bertz CT molecular complexity index is 293. The maximum atomic E-state index is 12.1. The zero-order valence-electron chi connectivity index (χ0n) is 9.24. The summed E-state index contributed by atoms with van der Waals surface area (Å²) in [6, 6.07) is 0. The summed E-state index contributed by atoms with van der Waals surface area (Å²) in [6.07, 6.45) is 9.52. The third-order valence-electron chi connectivity index (χ3n) is 3.30. The van der Waals surface area contributed by atoms with Crippen LogP contribution in [0.4, 0.5) is 0 Å². The van der Waals surface area contributed by atoms with Crippen molar-refractivity contribution >= 4 is 5.91 Å². The van der Waals surface area contributed by atoms with Gasteiger partial charge in [-0.05, 0) is 32.1 Å². The van der Waals surface area contributed by atoms with Gasteiger partial charge in [0.1, 0.15) is 0 Å². The fourth-order valence-electron chi connectivity index (χ4n) is 2.41. The molecule has 1 atom stereocenters. The van der Waals surface area contributed by atoms with Gasteiger partial charge in [0.25, 0.3) is 0 Å². The Morgan fingerprint density at radius 2 is 2.33 bits per heavy atom. The number of amides is 1. The van der Waals surface area contributed by atoms with Crippen molar-refractivity contribution in [2.45, 2.75) is 32.1 Å². The topological polar surface area (TPSA) is 20.3 Å². The molecule has 2 heteroatoms. The first-order valence-electron chi connectivity index (χ1n) is 5.88. The number of nitrogens with zero attached hydrogens (tertiary/aromatic N) is 1. The van der Waals surface area contributed by atoms with Gasteiger partial charge in [-0.3, -0.25) is 4.79 Å². The summed E-state index contributed by atoms with van der Waals surface area (Å²) in [6.45, 7) is 5.70. The van der Waals surface area contributed by atoms with Crippen LogP contribution >= 0.6 is 0 Å². The number of carbonyl (C=O) groups is 1. The van der Waals surface area contributed by atoms with Crippen molar-refractivity contribution in [1.82, 2.24) is 4.90 Å². The van der Waals surface area contributed by atoms with Crippen LogP contribution in [0.15, 0.2) is 24.3 Å². The van der Waals surface area contributed by atoms with E-state index >= 15 is 0 Å². The van der Waals surface area contributed by atoms with Crippen LogP contribution in [0, 0.1) is 5.92 Å². The normalized spacial score (nSPS) is 26.8. The van der Waals surface area contributed by atoms with Crippen LogP contribution < -0.4 is 0 Å². The van der Waals surface area contributed by atoms with Crippen LogP contribution in [0.2, 0.25) is 0 Å². The molecule has 2 aliphatic rings. The Balaban J connectivity index is 1.94. The molecule has 0 radical (unpaired) electrons. The summed E-state index contributed by atoms with van der Waals surface area (Å²) in [5.41, 5.74) is 1.21. The molecular formula is C13H19NO. The molecule has 0 bridgehead atoms. The number of rotatable bonds is 1. The monoisotopic (exact) mass is 205 g/mol. The average Bonchev–Trinajstić information content (AvgIpc) is 2.29. The van der Waals surface area contributed by atoms with Gasteiger partial charge in [0.05, 0.1) is 0 Å². The zero-order valence-corrected chi connectivity index (χ0v) is 9.24. The van der Waals surface area contributed by atoms with Gasteiger partial charge < -0.3 is 4.90 Å². The van der Waals surface area contributed by atoms with Gasteiger partial charge in [0, 0.05) is 19.0 Å². The Labute approximate surface area is 91.6 Å². The van der Waals surface area contributed by atoms with Crippen molar-refractivity contribution < 1.29 is 4.79 Å². The third-order valence-corrected chi connectivity index (χ3v) is 3.30. The summed E-state index contributed by atoms with van der Waals surface area (Å²) >= 11 is 0. The molecule has 1 amide bonds. The van der Waals surface area contributed by atoms with E-state index in [0.717, 1.165) is 45.2 Å². The standard InChI is InChI=1S/C13H19NO/c1-11-6-5-9-14(10-11)13(15)12-7-3-2-4-8-12/h2-3,12H,1,4-10H2. The fourth-order valence-corrected chi connectivity index (χ4v) is 2.41. The highest BCUT2D eigenvalue weighted by molar-refractivity contribution is 5.79. The minimum atomic E-state index is 0.237. The lowest BCUT2D eigenvalue weighted by atomic mass is 9.92. The largest absolute Gasteiger partial charge is 0.338 e. The maximum absolute atomic E-state index is 12.1. The van der Waals surface area contributed by atoms with Crippen LogP contribution in [0.1, 0.15) is 32.1 Å². The Hall–Kier alpha value is -1.05. The van der Waals surface area contributed by atoms with Gasteiger partial charge in [-0.25, -0.2) is 0 Å². The number of likely N-dealkylation sites (tertiary alicyclic amines) is 1. The molecule has 1 fully saturated rings. The Kier molecular flexibility index (Phi) is 3.24. The second-order valence-corrected chi connectivity index (χ2v) is 4.59. The molecule has 1 saturated heterocycles.